The maximum Gasteiger partial charge on any atom is 0.274 e. The molecule has 1 aromatic heterocycles. The Bertz CT molecular complexity index is 814. The highest BCUT2D eigenvalue weighted by Gasteiger charge is 2.25. The van der Waals surface area contributed by atoms with E-state index < -0.39 is 0 Å². The molecule has 0 bridgehead atoms. The molecule has 28 heavy (non-hydrogen) atoms. The standard InChI is InChI=1S/C20H25FN6O/c1-24-8-10-26(11-9-24)19-7-6-17(22-23-19)20(28)27-14-12-25(13-15-27)18-5-3-2-4-16(18)21/h2-7H,8-15H2,1H3. The van der Waals surface area contributed by atoms with Gasteiger partial charge in [-0.05, 0) is 31.3 Å². The van der Waals surface area contributed by atoms with E-state index in [-0.39, 0.29) is 11.7 Å². The van der Waals surface area contributed by atoms with Crippen LogP contribution < -0.4 is 9.80 Å². The average molecular weight is 384 g/mol. The average Bonchev–Trinajstić information content (AvgIpc) is 2.74. The van der Waals surface area contributed by atoms with Gasteiger partial charge in [0.25, 0.3) is 5.91 Å². The van der Waals surface area contributed by atoms with E-state index >= 15 is 0 Å². The van der Waals surface area contributed by atoms with Crippen LogP contribution in [0.3, 0.4) is 0 Å². The Hall–Kier alpha value is -2.74. The number of aromatic nitrogens is 2. The van der Waals surface area contributed by atoms with Crippen molar-refractivity contribution in [3.63, 3.8) is 0 Å². The van der Waals surface area contributed by atoms with Gasteiger partial charge in [-0.15, -0.1) is 10.2 Å². The first-order valence-electron chi connectivity index (χ1n) is 9.68. The molecule has 0 radical (unpaired) electrons. The van der Waals surface area contributed by atoms with Crippen LogP contribution in [0, 0.1) is 5.82 Å². The van der Waals surface area contributed by atoms with Crippen LogP contribution in [0.4, 0.5) is 15.9 Å². The molecule has 0 aliphatic carbocycles. The van der Waals surface area contributed by atoms with Crippen LogP contribution in [0.25, 0.3) is 0 Å². The second-order valence-corrected chi connectivity index (χ2v) is 7.30. The predicted molar refractivity (Wildman–Crippen MR) is 106 cm³/mol. The third-order valence-corrected chi connectivity index (χ3v) is 5.46. The molecule has 1 aromatic carbocycles. The fraction of sp³-hybridized carbons (Fsp3) is 0.450. The first-order valence-corrected chi connectivity index (χ1v) is 9.68. The molecule has 4 rings (SSSR count). The van der Waals surface area contributed by atoms with Crippen LogP contribution in [0.1, 0.15) is 10.5 Å². The van der Waals surface area contributed by atoms with Gasteiger partial charge in [-0.1, -0.05) is 12.1 Å². The summed E-state index contributed by atoms with van der Waals surface area (Å²) < 4.78 is 14.0. The third-order valence-electron chi connectivity index (χ3n) is 5.46. The van der Waals surface area contributed by atoms with E-state index in [1.54, 1.807) is 23.1 Å². The molecule has 2 aliphatic rings. The van der Waals surface area contributed by atoms with Crippen molar-refractivity contribution >= 4 is 17.4 Å². The number of carbonyl (C=O) groups is 1. The predicted octanol–water partition coefficient (Wildman–Crippen LogP) is 1.33. The molecular formula is C20H25FN6O. The molecular weight excluding hydrogens is 359 g/mol. The van der Waals surface area contributed by atoms with E-state index in [2.05, 4.69) is 27.0 Å². The summed E-state index contributed by atoms with van der Waals surface area (Å²) in [5.41, 5.74) is 0.947. The number of anilines is 2. The highest BCUT2D eigenvalue weighted by molar-refractivity contribution is 5.92. The van der Waals surface area contributed by atoms with Crippen molar-refractivity contribution < 1.29 is 9.18 Å². The summed E-state index contributed by atoms with van der Waals surface area (Å²) in [7, 11) is 2.11. The van der Waals surface area contributed by atoms with Gasteiger partial charge in [-0.25, -0.2) is 4.39 Å². The van der Waals surface area contributed by atoms with Crippen LogP contribution in [0.5, 0.6) is 0 Å². The zero-order valence-electron chi connectivity index (χ0n) is 16.1. The monoisotopic (exact) mass is 384 g/mol. The highest BCUT2D eigenvalue weighted by Crippen LogP contribution is 2.21. The van der Waals surface area contributed by atoms with E-state index in [1.807, 2.05) is 17.0 Å². The molecule has 2 saturated heterocycles. The van der Waals surface area contributed by atoms with Crippen LogP contribution in [0.2, 0.25) is 0 Å². The summed E-state index contributed by atoms with van der Waals surface area (Å²) in [6.07, 6.45) is 0. The van der Waals surface area contributed by atoms with Gasteiger partial charge >= 0.3 is 0 Å². The Kier molecular flexibility index (Phi) is 5.38. The van der Waals surface area contributed by atoms with Crippen LogP contribution in [-0.4, -0.2) is 85.3 Å². The second-order valence-electron chi connectivity index (χ2n) is 7.30. The number of rotatable bonds is 3. The van der Waals surface area contributed by atoms with E-state index in [1.165, 1.54) is 6.07 Å². The summed E-state index contributed by atoms with van der Waals surface area (Å²) >= 11 is 0. The first-order chi connectivity index (χ1) is 13.6. The number of amides is 1. The van der Waals surface area contributed by atoms with Gasteiger partial charge in [0.05, 0.1) is 5.69 Å². The number of benzene rings is 1. The number of carbonyl (C=O) groups excluding carboxylic acids is 1. The maximum absolute atomic E-state index is 14.0. The molecule has 8 heteroatoms. The molecule has 1 amide bonds. The van der Waals surface area contributed by atoms with Crippen molar-refractivity contribution in [1.29, 1.82) is 0 Å². The van der Waals surface area contributed by atoms with Crippen molar-refractivity contribution in [2.75, 3.05) is 69.2 Å². The zero-order chi connectivity index (χ0) is 19.5. The van der Waals surface area contributed by atoms with Gasteiger partial charge in [-0.3, -0.25) is 4.79 Å². The van der Waals surface area contributed by atoms with Crippen molar-refractivity contribution in [1.82, 2.24) is 20.0 Å². The third kappa shape index (κ3) is 3.91. The Balaban J connectivity index is 1.36. The van der Waals surface area contributed by atoms with Gasteiger partial charge in [0.2, 0.25) is 0 Å². The fourth-order valence-corrected chi connectivity index (χ4v) is 3.66. The van der Waals surface area contributed by atoms with Crippen molar-refractivity contribution in [2.24, 2.45) is 0 Å². The molecule has 0 N–H and O–H groups in total. The molecule has 0 saturated carbocycles. The lowest BCUT2D eigenvalue weighted by atomic mass is 10.2. The van der Waals surface area contributed by atoms with Gasteiger partial charge < -0.3 is 19.6 Å². The van der Waals surface area contributed by atoms with Crippen LogP contribution in [-0.2, 0) is 0 Å². The molecule has 2 aliphatic heterocycles. The Morgan fingerprint density at radius 2 is 1.54 bits per heavy atom. The van der Waals surface area contributed by atoms with Crippen molar-refractivity contribution in [3.8, 4) is 0 Å². The van der Waals surface area contributed by atoms with Gasteiger partial charge in [0.15, 0.2) is 11.5 Å². The summed E-state index contributed by atoms with van der Waals surface area (Å²) in [6.45, 7) is 6.08. The van der Waals surface area contributed by atoms with Crippen LogP contribution >= 0.6 is 0 Å². The minimum atomic E-state index is -0.229. The van der Waals surface area contributed by atoms with Gasteiger partial charge in [0, 0.05) is 52.4 Å². The van der Waals surface area contributed by atoms with Gasteiger partial charge in [-0.2, -0.15) is 0 Å². The molecule has 3 heterocycles. The SMILES string of the molecule is CN1CCN(c2ccc(C(=O)N3CCN(c4ccccc4F)CC3)nn2)CC1. The molecule has 7 nitrogen and oxygen atoms in total. The summed E-state index contributed by atoms with van der Waals surface area (Å²) in [6, 6.07) is 10.4. The molecule has 2 aromatic rings. The lowest BCUT2D eigenvalue weighted by Crippen LogP contribution is -2.49. The van der Waals surface area contributed by atoms with E-state index in [9.17, 15) is 9.18 Å². The summed E-state index contributed by atoms with van der Waals surface area (Å²) in [4.78, 5) is 21.0. The Morgan fingerprint density at radius 3 is 2.18 bits per heavy atom. The smallest absolute Gasteiger partial charge is 0.274 e. The van der Waals surface area contributed by atoms with E-state index in [4.69, 9.17) is 0 Å². The number of halogens is 1. The van der Waals surface area contributed by atoms with Crippen LogP contribution in [0.15, 0.2) is 36.4 Å². The van der Waals surface area contributed by atoms with Crippen molar-refractivity contribution in [2.45, 2.75) is 0 Å². The van der Waals surface area contributed by atoms with Gasteiger partial charge in [0.1, 0.15) is 5.82 Å². The normalized spacial score (nSPS) is 18.4. The number of hydrogen-bond acceptors (Lipinski definition) is 6. The minimum Gasteiger partial charge on any atom is -0.366 e. The lowest BCUT2D eigenvalue weighted by molar-refractivity contribution is 0.0739. The topological polar surface area (TPSA) is 55.8 Å². The Labute approximate surface area is 164 Å². The second kappa shape index (κ2) is 8.10. The van der Waals surface area contributed by atoms with E-state index in [0.29, 0.717) is 37.6 Å². The molecule has 148 valence electrons. The number of hydrogen-bond donors (Lipinski definition) is 0. The number of likely N-dealkylation sites (N-methyl/N-ethyl adjacent to an activating group) is 1. The molecule has 0 spiro atoms. The largest absolute Gasteiger partial charge is 0.366 e. The highest BCUT2D eigenvalue weighted by atomic mass is 19.1. The Morgan fingerprint density at radius 1 is 0.857 bits per heavy atom. The first kappa shape index (κ1) is 18.6. The number of para-hydroxylation sites is 1. The quantitative estimate of drug-likeness (QED) is 0.796. The molecule has 0 atom stereocenters. The maximum atomic E-state index is 14.0. The molecule has 2 fully saturated rings. The summed E-state index contributed by atoms with van der Waals surface area (Å²) in [5, 5.41) is 8.44. The van der Waals surface area contributed by atoms with Crippen molar-refractivity contribution in [3.05, 3.63) is 47.9 Å². The zero-order valence-corrected chi connectivity index (χ0v) is 16.1. The van der Waals surface area contributed by atoms with E-state index in [0.717, 1.165) is 32.0 Å². The number of piperazine rings is 2. The fourth-order valence-electron chi connectivity index (χ4n) is 3.66. The minimum absolute atomic E-state index is 0.120. The molecule has 0 unspecified atom stereocenters. The number of nitrogens with zero attached hydrogens (tertiary/aromatic N) is 6. The lowest BCUT2D eigenvalue weighted by Gasteiger charge is -2.36. The summed E-state index contributed by atoms with van der Waals surface area (Å²) in [5.74, 6) is 0.465.